The van der Waals surface area contributed by atoms with Gasteiger partial charge in [-0.2, -0.15) is 0 Å². The maximum absolute atomic E-state index is 11.2. The summed E-state index contributed by atoms with van der Waals surface area (Å²) in [5.74, 6) is 1.82. The lowest BCUT2D eigenvalue weighted by Gasteiger charge is -2.18. The molecule has 1 saturated heterocycles. The molecule has 1 fully saturated rings. The summed E-state index contributed by atoms with van der Waals surface area (Å²) in [6.07, 6.45) is 0. The Hall–Kier alpha value is -2.38. The van der Waals surface area contributed by atoms with E-state index < -0.39 is 12.0 Å². The first kappa shape index (κ1) is 19.4. The van der Waals surface area contributed by atoms with E-state index in [1.807, 2.05) is 49.4 Å². The van der Waals surface area contributed by atoms with Crippen molar-refractivity contribution in [1.29, 1.82) is 0 Å². The molecule has 0 amide bonds. The summed E-state index contributed by atoms with van der Waals surface area (Å²) in [7, 11) is 1.60. The minimum Gasteiger partial charge on any atom is -0.497 e. The van der Waals surface area contributed by atoms with Gasteiger partial charge in [-0.15, -0.1) is 11.8 Å². The molecule has 0 radical (unpaired) electrons. The van der Waals surface area contributed by atoms with E-state index in [0.29, 0.717) is 30.5 Å². The van der Waals surface area contributed by atoms with Crippen LogP contribution in [-0.2, 0) is 4.79 Å². The predicted molar refractivity (Wildman–Crippen MR) is 105 cm³/mol. The normalized spacial score (nSPS) is 18.9. The molecule has 1 aliphatic heterocycles. The molecule has 0 bridgehead atoms. The van der Waals surface area contributed by atoms with E-state index in [9.17, 15) is 9.90 Å². The van der Waals surface area contributed by atoms with Crippen LogP contribution in [0.15, 0.2) is 42.5 Å². The lowest BCUT2D eigenvalue weighted by molar-refractivity contribution is -0.138. The second-order valence-electron chi connectivity index (χ2n) is 6.18. The van der Waals surface area contributed by atoms with E-state index >= 15 is 0 Å². The molecular formula is C20H23NO5S. The van der Waals surface area contributed by atoms with Crippen LogP contribution in [0.5, 0.6) is 17.2 Å². The Labute approximate surface area is 162 Å². The van der Waals surface area contributed by atoms with Gasteiger partial charge in [0, 0.05) is 17.4 Å². The Morgan fingerprint density at radius 2 is 1.85 bits per heavy atom. The van der Waals surface area contributed by atoms with Crippen LogP contribution in [0.3, 0.4) is 0 Å². The minimum atomic E-state index is -0.840. The van der Waals surface area contributed by atoms with Gasteiger partial charge >= 0.3 is 5.97 Å². The number of aryl methyl sites for hydroxylation is 1. The third kappa shape index (κ3) is 5.08. The fraction of sp³-hybridized carbons (Fsp3) is 0.350. The van der Waals surface area contributed by atoms with E-state index in [0.717, 1.165) is 11.3 Å². The first-order valence-corrected chi connectivity index (χ1v) is 9.72. The van der Waals surface area contributed by atoms with Crippen molar-refractivity contribution in [2.24, 2.45) is 0 Å². The minimum absolute atomic E-state index is 0.134. The van der Waals surface area contributed by atoms with Crippen LogP contribution < -0.4 is 19.5 Å². The zero-order valence-electron chi connectivity index (χ0n) is 15.3. The summed E-state index contributed by atoms with van der Waals surface area (Å²) in [4.78, 5) is 11.2. The van der Waals surface area contributed by atoms with Crippen molar-refractivity contribution < 1.29 is 24.1 Å². The molecule has 0 aromatic heterocycles. The van der Waals surface area contributed by atoms with Gasteiger partial charge in [-0.1, -0.05) is 17.7 Å². The molecule has 2 aromatic rings. The van der Waals surface area contributed by atoms with Crippen molar-refractivity contribution >= 4 is 17.7 Å². The van der Waals surface area contributed by atoms with Crippen molar-refractivity contribution in [3.63, 3.8) is 0 Å². The number of benzene rings is 2. The van der Waals surface area contributed by atoms with Crippen molar-refractivity contribution in [3.05, 3.63) is 53.6 Å². The van der Waals surface area contributed by atoms with E-state index in [2.05, 4.69) is 5.32 Å². The van der Waals surface area contributed by atoms with Gasteiger partial charge in [-0.05, 0) is 31.2 Å². The van der Waals surface area contributed by atoms with Gasteiger partial charge in [0.25, 0.3) is 0 Å². The highest BCUT2D eigenvalue weighted by Crippen LogP contribution is 2.39. The number of thioether (sulfide) groups is 1. The van der Waals surface area contributed by atoms with E-state index in [-0.39, 0.29) is 5.37 Å². The Balaban J connectivity index is 1.62. The number of ether oxygens (including phenoxy) is 3. The van der Waals surface area contributed by atoms with Crippen molar-refractivity contribution in [2.45, 2.75) is 18.3 Å². The van der Waals surface area contributed by atoms with Gasteiger partial charge in [-0.25, -0.2) is 0 Å². The van der Waals surface area contributed by atoms with Gasteiger partial charge in [0.2, 0.25) is 0 Å². The van der Waals surface area contributed by atoms with Crippen LogP contribution in [0.4, 0.5) is 0 Å². The second kappa shape index (κ2) is 9.01. The molecule has 0 saturated carbocycles. The van der Waals surface area contributed by atoms with E-state index in [4.69, 9.17) is 14.2 Å². The van der Waals surface area contributed by atoms with Gasteiger partial charge < -0.3 is 19.3 Å². The smallest absolute Gasteiger partial charge is 0.321 e. The van der Waals surface area contributed by atoms with Crippen LogP contribution in [0.1, 0.15) is 16.5 Å². The molecule has 3 rings (SSSR count). The van der Waals surface area contributed by atoms with Crippen LogP contribution in [0.25, 0.3) is 0 Å². The number of carboxylic acid groups (broad SMARTS) is 1. The number of rotatable bonds is 8. The van der Waals surface area contributed by atoms with Crippen molar-refractivity contribution in [2.75, 3.05) is 26.1 Å². The maximum Gasteiger partial charge on any atom is 0.321 e. The van der Waals surface area contributed by atoms with Crippen LogP contribution in [-0.4, -0.2) is 43.2 Å². The molecule has 2 N–H and O–H groups in total. The highest BCUT2D eigenvalue weighted by Gasteiger charge is 2.32. The average Bonchev–Trinajstić information content (AvgIpc) is 3.17. The maximum atomic E-state index is 11.2. The van der Waals surface area contributed by atoms with Gasteiger partial charge in [-0.3, -0.25) is 10.1 Å². The molecule has 2 atom stereocenters. The van der Waals surface area contributed by atoms with E-state index in [1.54, 1.807) is 18.9 Å². The Morgan fingerprint density at radius 3 is 2.52 bits per heavy atom. The van der Waals surface area contributed by atoms with Crippen LogP contribution in [0.2, 0.25) is 0 Å². The fourth-order valence-corrected chi connectivity index (χ4v) is 3.98. The zero-order chi connectivity index (χ0) is 19.2. The van der Waals surface area contributed by atoms with E-state index in [1.165, 1.54) is 5.56 Å². The summed E-state index contributed by atoms with van der Waals surface area (Å²) in [5.41, 5.74) is 2.08. The predicted octanol–water partition coefficient (Wildman–Crippen LogP) is 3.25. The quantitative estimate of drug-likeness (QED) is 0.671. The van der Waals surface area contributed by atoms with Crippen LogP contribution >= 0.6 is 11.8 Å². The number of nitrogens with one attached hydrogen (secondary N) is 1. The van der Waals surface area contributed by atoms with Crippen LogP contribution in [0, 0.1) is 6.92 Å². The molecule has 27 heavy (non-hydrogen) atoms. The summed E-state index contributed by atoms with van der Waals surface area (Å²) in [6.45, 7) is 2.80. The number of methoxy groups -OCH3 is 1. The van der Waals surface area contributed by atoms with Gasteiger partial charge in [0.05, 0.1) is 12.5 Å². The highest BCUT2D eigenvalue weighted by atomic mass is 32.2. The topological polar surface area (TPSA) is 77.0 Å². The summed E-state index contributed by atoms with van der Waals surface area (Å²) < 4.78 is 16.9. The molecule has 2 unspecified atom stereocenters. The molecule has 0 aliphatic carbocycles. The molecular weight excluding hydrogens is 366 g/mol. The Bertz CT molecular complexity index is 780. The summed E-state index contributed by atoms with van der Waals surface area (Å²) >= 11 is 1.55. The molecule has 7 heteroatoms. The average molecular weight is 389 g/mol. The molecule has 1 heterocycles. The SMILES string of the molecule is COc1ccc(C2NC(C(=O)O)CS2)c(OCCOc2ccc(C)cc2)c1. The molecule has 0 spiro atoms. The first-order valence-electron chi connectivity index (χ1n) is 8.67. The third-order valence-corrected chi connectivity index (χ3v) is 5.46. The van der Waals surface area contributed by atoms with Crippen molar-refractivity contribution in [1.82, 2.24) is 5.32 Å². The second-order valence-corrected chi connectivity index (χ2v) is 7.32. The number of hydrogen-bond donors (Lipinski definition) is 2. The molecule has 144 valence electrons. The summed E-state index contributed by atoms with van der Waals surface area (Å²) in [5, 5.41) is 12.2. The first-order chi connectivity index (χ1) is 13.1. The van der Waals surface area contributed by atoms with Gasteiger partial charge in [0.15, 0.2) is 0 Å². The largest absolute Gasteiger partial charge is 0.497 e. The fourth-order valence-electron chi connectivity index (χ4n) is 2.72. The lowest BCUT2D eigenvalue weighted by Crippen LogP contribution is -2.33. The third-order valence-electron chi connectivity index (χ3n) is 4.21. The monoisotopic (exact) mass is 389 g/mol. The molecule has 2 aromatic carbocycles. The molecule has 1 aliphatic rings. The standard InChI is InChI=1S/C20H23NO5S/c1-13-3-5-14(6-4-13)25-9-10-26-18-11-15(24-2)7-8-16(18)19-21-17(12-27-19)20(22)23/h3-8,11,17,19,21H,9-10,12H2,1-2H3,(H,22,23). The Morgan fingerprint density at radius 1 is 1.15 bits per heavy atom. The molecule has 6 nitrogen and oxygen atoms in total. The number of carboxylic acids is 1. The number of carbonyl (C=O) groups is 1. The van der Waals surface area contributed by atoms with Gasteiger partial charge in [0.1, 0.15) is 36.5 Å². The number of aliphatic carboxylic acids is 1. The Kier molecular flexibility index (Phi) is 6.47. The zero-order valence-corrected chi connectivity index (χ0v) is 16.1. The lowest BCUT2D eigenvalue weighted by atomic mass is 10.1. The highest BCUT2D eigenvalue weighted by molar-refractivity contribution is 7.99. The van der Waals surface area contributed by atoms with Crippen molar-refractivity contribution in [3.8, 4) is 17.2 Å². The summed E-state index contributed by atoms with van der Waals surface area (Å²) in [6, 6.07) is 12.9. The number of hydrogen-bond acceptors (Lipinski definition) is 6.